The molecule has 2 aromatic rings. The van der Waals surface area contributed by atoms with Gasteiger partial charge in [0.15, 0.2) is 0 Å². The zero-order valence-corrected chi connectivity index (χ0v) is 10.3. The van der Waals surface area contributed by atoms with Gasteiger partial charge in [0.05, 0.1) is 11.0 Å². The maximum absolute atomic E-state index is 10.7. The van der Waals surface area contributed by atoms with Gasteiger partial charge in [-0.15, -0.1) is 0 Å². The lowest BCUT2D eigenvalue weighted by Gasteiger charge is -2.10. The highest BCUT2D eigenvalue weighted by atomic mass is 16.4. The van der Waals surface area contributed by atoms with E-state index in [9.17, 15) is 4.79 Å². The molecule has 5 nitrogen and oxygen atoms in total. The Morgan fingerprint density at radius 1 is 1.50 bits per heavy atom. The molecule has 1 unspecified atom stereocenters. The standard InChI is InChI=1S/C13H17N3O2/c1-2-12-15-10-5-3-4-6-11(10)16(12)8-7-9(14)13(17)18/h3-6,9H,2,7-8,14H2,1H3,(H,17,18). The summed E-state index contributed by atoms with van der Waals surface area (Å²) >= 11 is 0. The molecule has 96 valence electrons. The second kappa shape index (κ2) is 5.18. The molecular weight excluding hydrogens is 230 g/mol. The van der Waals surface area contributed by atoms with Crippen LogP contribution in [0, 0.1) is 0 Å². The van der Waals surface area contributed by atoms with Gasteiger partial charge in [0.25, 0.3) is 0 Å². The summed E-state index contributed by atoms with van der Waals surface area (Å²) in [5, 5.41) is 8.80. The lowest BCUT2D eigenvalue weighted by molar-refractivity contribution is -0.138. The molecule has 0 radical (unpaired) electrons. The first-order valence-corrected chi connectivity index (χ1v) is 6.06. The van der Waals surface area contributed by atoms with E-state index in [0.717, 1.165) is 23.3 Å². The Hall–Kier alpha value is -1.88. The molecule has 0 saturated carbocycles. The number of aromatic nitrogens is 2. The summed E-state index contributed by atoms with van der Waals surface area (Å²) < 4.78 is 2.05. The number of nitrogens with two attached hydrogens (primary N) is 1. The summed E-state index contributed by atoms with van der Waals surface area (Å²) in [5.41, 5.74) is 7.51. The number of hydrogen-bond donors (Lipinski definition) is 2. The number of nitrogens with zero attached hydrogens (tertiary/aromatic N) is 2. The van der Waals surface area contributed by atoms with Gasteiger partial charge in [-0.1, -0.05) is 19.1 Å². The van der Waals surface area contributed by atoms with Crippen LogP contribution < -0.4 is 5.73 Å². The fourth-order valence-corrected chi connectivity index (χ4v) is 2.04. The van der Waals surface area contributed by atoms with Crippen LogP contribution in [0.2, 0.25) is 0 Å². The normalized spacial score (nSPS) is 12.8. The number of carboxylic acid groups (broad SMARTS) is 1. The van der Waals surface area contributed by atoms with Gasteiger partial charge < -0.3 is 15.4 Å². The van der Waals surface area contributed by atoms with E-state index in [2.05, 4.69) is 9.55 Å². The van der Waals surface area contributed by atoms with Gasteiger partial charge in [0.2, 0.25) is 0 Å². The van der Waals surface area contributed by atoms with Gasteiger partial charge in [0, 0.05) is 13.0 Å². The number of fused-ring (bicyclic) bond motifs is 1. The van der Waals surface area contributed by atoms with E-state index in [0.29, 0.717) is 13.0 Å². The van der Waals surface area contributed by atoms with E-state index < -0.39 is 12.0 Å². The van der Waals surface area contributed by atoms with Crippen LogP contribution in [0.5, 0.6) is 0 Å². The summed E-state index contributed by atoms with van der Waals surface area (Å²) in [7, 11) is 0. The third-order valence-electron chi connectivity index (χ3n) is 3.03. The third-order valence-corrected chi connectivity index (χ3v) is 3.03. The van der Waals surface area contributed by atoms with Gasteiger partial charge in [-0.3, -0.25) is 4.79 Å². The summed E-state index contributed by atoms with van der Waals surface area (Å²) in [5.74, 6) is 0.00579. The van der Waals surface area contributed by atoms with Gasteiger partial charge in [-0.05, 0) is 18.6 Å². The van der Waals surface area contributed by atoms with E-state index in [-0.39, 0.29) is 0 Å². The predicted octanol–water partition coefficient (Wildman–Crippen LogP) is 1.40. The van der Waals surface area contributed by atoms with Crippen LogP contribution in [0.3, 0.4) is 0 Å². The highest BCUT2D eigenvalue weighted by molar-refractivity contribution is 5.76. The molecule has 2 rings (SSSR count). The molecule has 1 heterocycles. The molecule has 0 saturated heterocycles. The molecule has 0 aliphatic heterocycles. The van der Waals surface area contributed by atoms with Crippen LogP contribution in [0.1, 0.15) is 19.2 Å². The van der Waals surface area contributed by atoms with Crippen molar-refractivity contribution in [2.45, 2.75) is 32.4 Å². The third kappa shape index (κ3) is 2.36. The molecule has 1 atom stereocenters. The molecule has 0 aliphatic rings. The number of benzene rings is 1. The summed E-state index contributed by atoms with van der Waals surface area (Å²) in [6, 6.07) is 7.03. The first kappa shape index (κ1) is 12.6. The minimum Gasteiger partial charge on any atom is -0.480 e. The lowest BCUT2D eigenvalue weighted by atomic mass is 10.2. The fraction of sp³-hybridized carbons (Fsp3) is 0.385. The van der Waals surface area contributed by atoms with Crippen molar-refractivity contribution >= 4 is 17.0 Å². The molecule has 0 bridgehead atoms. The molecule has 1 aromatic heterocycles. The second-order valence-corrected chi connectivity index (χ2v) is 4.26. The second-order valence-electron chi connectivity index (χ2n) is 4.26. The zero-order valence-electron chi connectivity index (χ0n) is 10.3. The number of carbonyl (C=O) groups is 1. The number of carboxylic acids is 1. The van der Waals surface area contributed by atoms with Gasteiger partial charge in [0.1, 0.15) is 11.9 Å². The molecule has 0 spiro atoms. The van der Waals surface area contributed by atoms with E-state index >= 15 is 0 Å². The largest absolute Gasteiger partial charge is 0.480 e. The van der Waals surface area contributed by atoms with Crippen molar-refractivity contribution in [1.29, 1.82) is 0 Å². The number of aliphatic carboxylic acids is 1. The first-order chi connectivity index (χ1) is 8.63. The van der Waals surface area contributed by atoms with Crippen LogP contribution in [0.4, 0.5) is 0 Å². The minimum atomic E-state index is -0.961. The molecule has 0 amide bonds. The molecule has 1 aromatic carbocycles. The highest BCUT2D eigenvalue weighted by Crippen LogP contribution is 2.17. The molecule has 3 N–H and O–H groups in total. The molecular formula is C13H17N3O2. The average molecular weight is 247 g/mol. The predicted molar refractivity (Wildman–Crippen MR) is 69.3 cm³/mol. The average Bonchev–Trinajstić information content (AvgIpc) is 2.73. The molecule has 18 heavy (non-hydrogen) atoms. The number of rotatable bonds is 5. The van der Waals surface area contributed by atoms with Crippen molar-refractivity contribution in [2.75, 3.05) is 0 Å². The number of aryl methyl sites for hydroxylation is 2. The minimum absolute atomic E-state index is 0.405. The monoisotopic (exact) mass is 247 g/mol. The summed E-state index contributed by atoms with van der Waals surface area (Å²) in [6.45, 7) is 2.62. The van der Waals surface area contributed by atoms with E-state index in [1.807, 2.05) is 31.2 Å². The van der Waals surface area contributed by atoms with E-state index in [1.54, 1.807) is 0 Å². The van der Waals surface area contributed by atoms with Crippen LogP contribution >= 0.6 is 0 Å². The van der Waals surface area contributed by atoms with Crippen molar-refractivity contribution in [3.63, 3.8) is 0 Å². The smallest absolute Gasteiger partial charge is 0.320 e. The number of hydrogen-bond acceptors (Lipinski definition) is 3. The molecule has 0 fully saturated rings. The maximum Gasteiger partial charge on any atom is 0.320 e. The SMILES string of the molecule is CCc1nc2ccccc2n1CCC(N)C(=O)O. The van der Waals surface area contributed by atoms with Crippen molar-refractivity contribution in [2.24, 2.45) is 5.73 Å². The topological polar surface area (TPSA) is 81.1 Å². The zero-order chi connectivity index (χ0) is 13.1. The quantitative estimate of drug-likeness (QED) is 0.836. The first-order valence-electron chi connectivity index (χ1n) is 6.06. The van der Waals surface area contributed by atoms with E-state index in [1.165, 1.54) is 0 Å². The maximum atomic E-state index is 10.7. The Bertz CT molecular complexity index is 562. The summed E-state index contributed by atoms with van der Waals surface area (Å²) in [6.07, 6.45) is 1.22. The fourth-order valence-electron chi connectivity index (χ4n) is 2.04. The van der Waals surface area contributed by atoms with Crippen LogP contribution in [-0.2, 0) is 17.8 Å². The Balaban J connectivity index is 2.28. The van der Waals surface area contributed by atoms with Crippen molar-refractivity contribution in [3.8, 4) is 0 Å². The van der Waals surface area contributed by atoms with Gasteiger partial charge in [-0.25, -0.2) is 4.98 Å². The molecule has 5 heteroatoms. The van der Waals surface area contributed by atoms with Crippen molar-refractivity contribution in [1.82, 2.24) is 9.55 Å². The van der Waals surface area contributed by atoms with Crippen LogP contribution in [0.15, 0.2) is 24.3 Å². The van der Waals surface area contributed by atoms with Crippen LogP contribution in [0.25, 0.3) is 11.0 Å². The Morgan fingerprint density at radius 2 is 2.22 bits per heavy atom. The Kier molecular flexibility index (Phi) is 3.62. The number of para-hydroxylation sites is 2. The lowest BCUT2D eigenvalue weighted by Crippen LogP contribution is -2.31. The van der Waals surface area contributed by atoms with Gasteiger partial charge in [-0.2, -0.15) is 0 Å². The number of imidazole rings is 1. The van der Waals surface area contributed by atoms with Crippen molar-refractivity contribution < 1.29 is 9.90 Å². The van der Waals surface area contributed by atoms with Gasteiger partial charge >= 0.3 is 5.97 Å². The van der Waals surface area contributed by atoms with Crippen LogP contribution in [-0.4, -0.2) is 26.7 Å². The summed E-state index contributed by atoms with van der Waals surface area (Å²) in [4.78, 5) is 15.3. The van der Waals surface area contributed by atoms with E-state index in [4.69, 9.17) is 10.8 Å². The highest BCUT2D eigenvalue weighted by Gasteiger charge is 2.14. The Labute approximate surface area is 105 Å². The molecule has 0 aliphatic carbocycles. The Morgan fingerprint density at radius 3 is 2.89 bits per heavy atom. The van der Waals surface area contributed by atoms with Crippen molar-refractivity contribution in [3.05, 3.63) is 30.1 Å².